The predicted octanol–water partition coefficient (Wildman–Crippen LogP) is -0.370. The van der Waals surface area contributed by atoms with Crippen molar-refractivity contribution in [3.05, 3.63) is 0 Å². The highest BCUT2D eigenvalue weighted by Crippen LogP contribution is 2.29. The number of hydrogen-bond donors (Lipinski definition) is 2. The van der Waals surface area contributed by atoms with E-state index < -0.39 is 0 Å². The molecule has 26 heavy (non-hydrogen) atoms. The average Bonchev–Trinajstić information content (AvgIpc) is 3.37. The van der Waals surface area contributed by atoms with Gasteiger partial charge in [-0.15, -0.1) is 0 Å². The fourth-order valence-corrected chi connectivity index (χ4v) is 4.08. The molecule has 0 unspecified atom stereocenters. The summed E-state index contributed by atoms with van der Waals surface area (Å²) in [4.78, 5) is 20.5. The van der Waals surface area contributed by atoms with Crippen LogP contribution < -0.4 is 14.7 Å². The fraction of sp³-hybridized carbons (Fsp3) is 0.824. The van der Waals surface area contributed by atoms with Crippen LogP contribution in [0.2, 0.25) is 0 Å². The predicted molar refractivity (Wildman–Crippen MR) is 97.8 cm³/mol. The molecule has 4 heterocycles. The molecule has 0 radical (unpaired) electrons. The molecule has 0 aliphatic carbocycles. The van der Waals surface area contributed by atoms with Crippen molar-refractivity contribution in [3.63, 3.8) is 0 Å². The standard InChI is InChI=1S/C17H28N6O3/c24-11-13-3-1-5-22(13)16-18-15(21-7-9-26-10-8-21)19-17(20-16)23-6-2-4-14(23)12-25/h13-14,24-25H,1-12H2/t13-,14+. The van der Waals surface area contributed by atoms with Crippen molar-refractivity contribution in [1.82, 2.24) is 15.0 Å². The van der Waals surface area contributed by atoms with E-state index in [0.717, 1.165) is 51.9 Å². The molecule has 9 heteroatoms. The molecule has 144 valence electrons. The minimum absolute atomic E-state index is 0.0648. The van der Waals surface area contributed by atoms with Crippen LogP contribution in [0.5, 0.6) is 0 Å². The van der Waals surface area contributed by atoms with E-state index >= 15 is 0 Å². The van der Waals surface area contributed by atoms with Crippen molar-refractivity contribution in [3.8, 4) is 0 Å². The highest BCUT2D eigenvalue weighted by atomic mass is 16.5. The highest BCUT2D eigenvalue weighted by molar-refractivity contribution is 5.49. The summed E-state index contributed by atoms with van der Waals surface area (Å²) < 4.78 is 5.45. The third kappa shape index (κ3) is 3.43. The minimum atomic E-state index is 0.0648. The van der Waals surface area contributed by atoms with Gasteiger partial charge in [0.05, 0.1) is 38.5 Å². The molecule has 0 bridgehead atoms. The van der Waals surface area contributed by atoms with Crippen LogP contribution in [0.4, 0.5) is 17.8 Å². The second-order valence-corrected chi connectivity index (χ2v) is 7.18. The molecule has 3 aliphatic heterocycles. The van der Waals surface area contributed by atoms with Gasteiger partial charge in [0, 0.05) is 26.2 Å². The van der Waals surface area contributed by atoms with E-state index in [1.165, 1.54) is 0 Å². The summed E-state index contributed by atoms with van der Waals surface area (Å²) in [5, 5.41) is 19.4. The maximum Gasteiger partial charge on any atom is 0.232 e. The maximum absolute atomic E-state index is 9.69. The Balaban J connectivity index is 1.69. The topological polar surface area (TPSA) is 98.1 Å². The van der Waals surface area contributed by atoms with Gasteiger partial charge in [-0.1, -0.05) is 0 Å². The average molecular weight is 364 g/mol. The van der Waals surface area contributed by atoms with Crippen molar-refractivity contribution in [2.45, 2.75) is 37.8 Å². The lowest BCUT2D eigenvalue weighted by Crippen LogP contribution is -2.40. The molecular formula is C17H28N6O3. The first-order valence-electron chi connectivity index (χ1n) is 9.64. The van der Waals surface area contributed by atoms with Crippen LogP contribution >= 0.6 is 0 Å². The van der Waals surface area contributed by atoms with Gasteiger partial charge in [0.15, 0.2) is 0 Å². The first kappa shape index (κ1) is 17.7. The molecule has 2 N–H and O–H groups in total. The van der Waals surface area contributed by atoms with Crippen LogP contribution in [0.3, 0.4) is 0 Å². The monoisotopic (exact) mass is 364 g/mol. The van der Waals surface area contributed by atoms with Crippen molar-refractivity contribution in [2.75, 3.05) is 67.3 Å². The summed E-state index contributed by atoms with van der Waals surface area (Å²) in [7, 11) is 0. The van der Waals surface area contributed by atoms with Gasteiger partial charge in [-0.2, -0.15) is 15.0 Å². The van der Waals surface area contributed by atoms with Crippen LogP contribution in [0, 0.1) is 0 Å². The zero-order chi connectivity index (χ0) is 17.9. The third-order valence-electron chi connectivity index (χ3n) is 5.58. The molecule has 1 aromatic heterocycles. The highest BCUT2D eigenvalue weighted by Gasteiger charge is 2.31. The van der Waals surface area contributed by atoms with E-state index in [9.17, 15) is 10.2 Å². The molecule has 3 saturated heterocycles. The van der Waals surface area contributed by atoms with Gasteiger partial charge in [-0.3, -0.25) is 0 Å². The Hall–Kier alpha value is -1.71. The van der Waals surface area contributed by atoms with Gasteiger partial charge in [-0.05, 0) is 25.7 Å². The Morgan fingerprint density at radius 1 is 0.769 bits per heavy atom. The van der Waals surface area contributed by atoms with Crippen LogP contribution in [0.1, 0.15) is 25.7 Å². The largest absolute Gasteiger partial charge is 0.394 e. The number of hydrogen-bond acceptors (Lipinski definition) is 9. The summed E-state index contributed by atoms with van der Waals surface area (Å²) in [5.74, 6) is 1.94. The van der Waals surface area contributed by atoms with Gasteiger partial charge >= 0.3 is 0 Å². The maximum atomic E-state index is 9.69. The van der Waals surface area contributed by atoms with E-state index in [4.69, 9.17) is 19.7 Å². The molecule has 0 saturated carbocycles. The number of aromatic nitrogens is 3. The third-order valence-corrected chi connectivity index (χ3v) is 5.58. The van der Waals surface area contributed by atoms with Crippen LogP contribution in [0.15, 0.2) is 0 Å². The lowest BCUT2D eigenvalue weighted by molar-refractivity contribution is 0.122. The molecule has 1 aromatic rings. The summed E-state index contributed by atoms with van der Waals surface area (Å²) in [6.07, 6.45) is 3.96. The van der Waals surface area contributed by atoms with Gasteiger partial charge in [0.1, 0.15) is 0 Å². The van der Waals surface area contributed by atoms with E-state index in [0.29, 0.717) is 31.1 Å². The molecule has 0 amide bonds. The Morgan fingerprint density at radius 3 is 1.77 bits per heavy atom. The van der Waals surface area contributed by atoms with Crippen molar-refractivity contribution in [1.29, 1.82) is 0 Å². The number of rotatable bonds is 5. The Kier molecular flexibility index (Phi) is 5.37. The Bertz CT molecular complexity index is 572. The van der Waals surface area contributed by atoms with Crippen LogP contribution in [0.25, 0.3) is 0 Å². The van der Waals surface area contributed by atoms with E-state index in [2.05, 4.69) is 14.7 Å². The Labute approximate surface area is 153 Å². The fourth-order valence-electron chi connectivity index (χ4n) is 4.08. The first-order chi connectivity index (χ1) is 12.8. The van der Waals surface area contributed by atoms with Gasteiger partial charge in [-0.25, -0.2) is 0 Å². The summed E-state index contributed by atoms with van der Waals surface area (Å²) >= 11 is 0. The quantitative estimate of drug-likeness (QED) is 0.725. The number of aliphatic hydroxyl groups is 2. The molecule has 2 atom stereocenters. The smallest absolute Gasteiger partial charge is 0.232 e. The number of nitrogens with zero attached hydrogens (tertiary/aromatic N) is 6. The summed E-state index contributed by atoms with van der Waals surface area (Å²) in [5.41, 5.74) is 0. The molecule has 3 aliphatic rings. The Morgan fingerprint density at radius 2 is 1.27 bits per heavy atom. The van der Waals surface area contributed by atoms with Gasteiger partial charge in [0.2, 0.25) is 17.8 Å². The van der Waals surface area contributed by atoms with Crippen molar-refractivity contribution >= 4 is 17.8 Å². The zero-order valence-corrected chi connectivity index (χ0v) is 15.1. The number of ether oxygens (including phenoxy) is 1. The SMILES string of the molecule is OC[C@@H]1CCCN1c1nc(N2CCOCC2)nc(N2CCC[C@@H]2CO)n1. The number of anilines is 3. The number of aliphatic hydroxyl groups excluding tert-OH is 2. The summed E-state index contributed by atoms with van der Waals surface area (Å²) in [6, 6.07) is 0.130. The second kappa shape index (κ2) is 7.89. The summed E-state index contributed by atoms with van der Waals surface area (Å²) in [6.45, 7) is 4.77. The molecule has 3 fully saturated rings. The van der Waals surface area contributed by atoms with E-state index in [1.807, 2.05) is 0 Å². The van der Waals surface area contributed by atoms with Crippen molar-refractivity contribution < 1.29 is 14.9 Å². The van der Waals surface area contributed by atoms with Gasteiger partial charge in [0.25, 0.3) is 0 Å². The van der Waals surface area contributed by atoms with E-state index in [1.54, 1.807) is 0 Å². The number of morpholine rings is 1. The van der Waals surface area contributed by atoms with Crippen LogP contribution in [-0.4, -0.2) is 89.9 Å². The second-order valence-electron chi connectivity index (χ2n) is 7.18. The lowest BCUT2D eigenvalue weighted by Gasteiger charge is -2.31. The molecule has 0 spiro atoms. The molecule has 4 rings (SSSR count). The van der Waals surface area contributed by atoms with Gasteiger partial charge < -0.3 is 29.6 Å². The van der Waals surface area contributed by atoms with E-state index in [-0.39, 0.29) is 25.3 Å². The zero-order valence-electron chi connectivity index (χ0n) is 15.1. The van der Waals surface area contributed by atoms with Crippen molar-refractivity contribution in [2.24, 2.45) is 0 Å². The molecular weight excluding hydrogens is 336 g/mol. The molecule has 9 nitrogen and oxygen atoms in total. The normalized spacial score (nSPS) is 26.8. The first-order valence-corrected chi connectivity index (χ1v) is 9.64. The lowest BCUT2D eigenvalue weighted by atomic mass is 10.2. The minimum Gasteiger partial charge on any atom is -0.394 e. The van der Waals surface area contributed by atoms with Crippen LogP contribution in [-0.2, 0) is 4.74 Å². The molecule has 0 aromatic carbocycles.